The maximum Gasteiger partial charge on any atom is 0.225 e. The van der Waals surface area contributed by atoms with Crippen LogP contribution in [-0.4, -0.2) is 30.2 Å². The minimum absolute atomic E-state index is 0.439. The van der Waals surface area contributed by atoms with E-state index in [0.717, 1.165) is 23.7 Å². The molecule has 0 bridgehead atoms. The average molecular weight is 260 g/mol. The molecule has 1 saturated carbocycles. The number of nitrogens with one attached hydrogen (secondary N) is 1. The number of benzene rings is 1. The van der Waals surface area contributed by atoms with Crippen LogP contribution >= 0.6 is 0 Å². The summed E-state index contributed by atoms with van der Waals surface area (Å²) in [6.07, 6.45) is 2.32. The molecule has 1 aromatic carbocycles. The molecule has 1 aromatic heterocycles. The first-order chi connectivity index (χ1) is 9.21. The van der Waals surface area contributed by atoms with Crippen molar-refractivity contribution in [2.75, 3.05) is 25.3 Å². The van der Waals surface area contributed by atoms with E-state index in [0.29, 0.717) is 29.3 Å². The summed E-state index contributed by atoms with van der Waals surface area (Å²) in [5.74, 6) is 2.26. The molecule has 0 radical (unpaired) electrons. The van der Waals surface area contributed by atoms with E-state index in [2.05, 4.69) is 15.3 Å². The van der Waals surface area contributed by atoms with Crippen LogP contribution in [0.4, 0.5) is 11.8 Å². The summed E-state index contributed by atoms with van der Waals surface area (Å²) in [5, 5.41) is 4.00. The van der Waals surface area contributed by atoms with Gasteiger partial charge in [0, 0.05) is 17.5 Å². The normalized spacial score (nSPS) is 14.4. The Hall–Kier alpha value is -2.24. The fourth-order valence-corrected chi connectivity index (χ4v) is 1.95. The molecular weight excluding hydrogens is 244 g/mol. The highest BCUT2D eigenvalue weighted by Gasteiger charge is 2.22. The van der Waals surface area contributed by atoms with Gasteiger partial charge in [0.1, 0.15) is 5.82 Å². The second-order valence-electron chi connectivity index (χ2n) is 4.58. The van der Waals surface area contributed by atoms with Crippen molar-refractivity contribution < 1.29 is 9.47 Å². The van der Waals surface area contributed by atoms with Gasteiger partial charge in [-0.05, 0) is 18.9 Å². The predicted octanol–water partition coefficient (Wildman–Crippen LogP) is 1.80. The van der Waals surface area contributed by atoms with E-state index in [4.69, 9.17) is 15.2 Å². The standard InChI is InChI=1S/C13H16N4O2/c1-18-10-5-8-9(6-11(10)19-2)16-13(17-12(8)14)15-7-3-4-7/h5-7H,3-4H2,1-2H3,(H3,14,15,16,17). The number of nitrogen functional groups attached to an aromatic ring is 1. The van der Waals surface area contributed by atoms with E-state index < -0.39 is 0 Å². The zero-order valence-electron chi connectivity index (χ0n) is 10.9. The van der Waals surface area contributed by atoms with Crippen molar-refractivity contribution in [1.82, 2.24) is 9.97 Å². The molecule has 0 aliphatic heterocycles. The Morgan fingerprint density at radius 1 is 1.16 bits per heavy atom. The van der Waals surface area contributed by atoms with Gasteiger partial charge in [0.2, 0.25) is 5.95 Å². The third kappa shape index (κ3) is 2.21. The number of nitrogens with zero attached hydrogens (tertiary/aromatic N) is 2. The van der Waals surface area contributed by atoms with Crippen molar-refractivity contribution in [2.24, 2.45) is 0 Å². The summed E-state index contributed by atoms with van der Waals surface area (Å²) in [6, 6.07) is 4.09. The van der Waals surface area contributed by atoms with Crippen LogP contribution in [0.5, 0.6) is 11.5 Å². The fraction of sp³-hybridized carbons (Fsp3) is 0.385. The second-order valence-corrected chi connectivity index (χ2v) is 4.58. The van der Waals surface area contributed by atoms with Gasteiger partial charge in [-0.15, -0.1) is 0 Å². The molecule has 1 aliphatic rings. The maximum atomic E-state index is 5.98. The maximum absolute atomic E-state index is 5.98. The quantitative estimate of drug-likeness (QED) is 0.872. The molecule has 6 nitrogen and oxygen atoms in total. The van der Waals surface area contributed by atoms with Gasteiger partial charge >= 0.3 is 0 Å². The predicted molar refractivity (Wildman–Crippen MR) is 73.7 cm³/mol. The van der Waals surface area contributed by atoms with Gasteiger partial charge in [0.15, 0.2) is 11.5 Å². The van der Waals surface area contributed by atoms with Gasteiger partial charge in [-0.2, -0.15) is 4.98 Å². The van der Waals surface area contributed by atoms with Gasteiger partial charge in [0.25, 0.3) is 0 Å². The van der Waals surface area contributed by atoms with Crippen LogP contribution in [0.15, 0.2) is 12.1 Å². The Labute approximate surface area is 110 Å². The number of rotatable bonds is 4. The van der Waals surface area contributed by atoms with E-state index >= 15 is 0 Å². The number of nitrogens with two attached hydrogens (primary N) is 1. The third-order valence-electron chi connectivity index (χ3n) is 3.14. The van der Waals surface area contributed by atoms with E-state index in [-0.39, 0.29) is 0 Å². The summed E-state index contributed by atoms with van der Waals surface area (Å²) in [5.41, 5.74) is 6.72. The van der Waals surface area contributed by atoms with Gasteiger partial charge in [0.05, 0.1) is 19.7 Å². The van der Waals surface area contributed by atoms with Crippen LogP contribution in [0.25, 0.3) is 10.9 Å². The van der Waals surface area contributed by atoms with Crippen molar-refractivity contribution >= 4 is 22.7 Å². The Balaban J connectivity index is 2.11. The first-order valence-corrected chi connectivity index (χ1v) is 6.17. The molecule has 3 N–H and O–H groups in total. The number of hydrogen-bond acceptors (Lipinski definition) is 6. The molecule has 2 aromatic rings. The number of aromatic nitrogens is 2. The molecule has 0 unspecified atom stereocenters. The largest absolute Gasteiger partial charge is 0.493 e. The molecule has 3 rings (SSSR count). The zero-order chi connectivity index (χ0) is 13.4. The van der Waals surface area contributed by atoms with Crippen LogP contribution in [0.2, 0.25) is 0 Å². The number of anilines is 2. The molecule has 1 fully saturated rings. The molecular formula is C13H16N4O2. The summed E-state index contributed by atoms with van der Waals surface area (Å²) in [6.45, 7) is 0. The SMILES string of the molecule is COc1cc2nc(NC3CC3)nc(N)c2cc1OC. The monoisotopic (exact) mass is 260 g/mol. The van der Waals surface area contributed by atoms with Gasteiger partial charge in [-0.25, -0.2) is 4.98 Å². The minimum atomic E-state index is 0.439. The van der Waals surface area contributed by atoms with Gasteiger partial charge in [-0.3, -0.25) is 0 Å². The molecule has 6 heteroatoms. The molecule has 0 amide bonds. The molecule has 0 saturated heterocycles. The van der Waals surface area contributed by atoms with Crippen LogP contribution in [0, 0.1) is 0 Å². The lowest BCUT2D eigenvalue weighted by atomic mass is 10.2. The smallest absolute Gasteiger partial charge is 0.225 e. The zero-order valence-corrected chi connectivity index (χ0v) is 10.9. The Morgan fingerprint density at radius 3 is 2.47 bits per heavy atom. The minimum Gasteiger partial charge on any atom is -0.493 e. The number of methoxy groups -OCH3 is 2. The van der Waals surface area contributed by atoms with Crippen LogP contribution in [0.1, 0.15) is 12.8 Å². The van der Waals surface area contributed by atoms with Crippen molar-refractivity contribution in [3.05, 3.63) is 12.1 Å². The molecule has 0 spiro atoms. The van der Waals surface area contributed by atoms with E-state index in [1.807, 2.05) is 6.07 Å². The first-order valence-electron chi connectivity index (χ1n) is 6.17. The first kappa shape index (κ1) is 11.8. The number of hydrogen-bond donors (Lipinski definition) is 2. The molecule has 100 valence electrons. The molecule has 1 heterocycles. The summed E-state index contributed by atoms with van der Waals surface area (Å²) in [7, 11) is 3.18. The Bertz CT molecular complexity index is 626. The summed E-state index contributed by atoms with van der Waals surface area (Å²) >= 11 is 0. The molecule has 1 aliphatic carbocycles. The highest BCUT2D eigenvalue weighted by atomic mass is 16.5. The number of fused-ring (bicyclic) bond motifs is 1. The van der Waals surface area contributed by atoms with Crippen molar-refractivity contribution in [3.8, 4) is 11.5 Å². The van der Waals surface area contributed by atoms with Crippen LogP contribution < -0.4 is 20.5 Å². The van der Waals surface area contributed by atoms with Gasteiger partial charge < -0.3 is 20.5 Å². The van der Waals surface area contributed by atoms with E-state index in [9.17, 15) is 0 Å². The Kier molecular flexibility index (Phi) is 2.77. The van der Waals surface area contributed by atoms with Crippen LogP contribution in [0.3, 0.4) is 0 Å². The number of ether oxygens (including phenoxy) is 2. The van der Waals surface area contributed by atoms with Gasteiger partial charge in [-0.1, -0.05) is 0 Å². The highest BCUT2D eigenvalue weighted by Crippen LogP contribution is 2.34. The average Bonchev–Trinajstić information content (AvgIpc) is 3.21. The summed E-state index contributed by atoms with van der Waals surface area (Å²) < 4.78 is 10.5. The lowest BCUT2D eigenvalue weighted by molar-refractivity contribution is 0.356. The molecule has 0 atom stereocenters. The van der Waals surface area contributed by atoms with Crippen molar-refractivity contribution in [2.45, 2.75) is 18.9 Å². The lowest BCUT2D eigenvalue weighted by Gasteiger charge is -2.11. The third-order valence-corrected chi connectivity index (χ3v) is 3.14. The van der Waals surface area contributed by atoms with Crippen molar-refractivity contribution in [3.63, 3.8) is 0 Å². The van der Waals surface area contributed by atoms with Crippen LogP contribution in [-0.2, 0) is 0 Å². The summed E-state index contributed by atoms with van der Waals surface area (Å²) in [4.78, 5) is 8.73. The van der Waals surface area contributed by atoms with E-state index in [1.165, 1.54) is 0 Å². The fourth-order valence-electron chi connectivity index (χ4n) is 1.95. The molecule has 19 heavy (non-hydrogen) atoms. The highest BCUT2D eigenvalue weighted by molar-refractivity contribution is 5.91. The second kappa shape index (κ2) is 4.46. The lowest BCUT2D eigenvalue weighted by Crippen LogP contribution is -2.07. The van der Waals surface area contributed by atoms with E-state index in [1.54, 1.807) is 20.3 Å². The Morgan fingerprint density at radius 2 is 1.84 bits per heavy atom. The van der Waals surface area contributed by atoms with Crippen molar-refractivity contribution in [1.29, 1.82) is 0 Å². The topological polar surface area (TPSA) is 82.3 Å².